The highest BCUT2D eigenvalue weighted by Crippen LogP contribution is 2.32. The van der Waals surface area contributed by atoms with Crippen molar-refractivity contribution in [2.75, 3.05) is 51.0 Å². The predicted molar refractivity (Wildman–Crippen MR) is 108 cm³/mol. The van der Waals surface area contributed by atoms with E-state index in [0.717, 1.165) is 30.3 Å². The van der Waals surface area contributed by atoms with Crippen LogP contribution in [0.2, 0.25) is 0 Å². The number of nitrogens with zero attached hydrogens (tertiary/aromatic N) is 4. The molecule has 1 aliphatic heterocycles. The van der Waals surface area contributed by atoms with Crippen LogP contribution in [-0.4, -0.2) is 55.3 Å². The molecule has 0 unspecified atom stereocenters. The third kappa shape index (κ3) is 5.01. The Morgan fingerprint density at radius 2 is 1.93 bits per heavy atom. The summed E-state index contributed by atoms with van der Waals surface area (Å²) in [5.41, 5.74) is 7.49. The smallest absolute Gasteiger partial charge is 0.179 e. The lowest BCUT2D eigenvalue weighted by molar-refractivity contribution is 0.254. The van der Waals surface area contributed by atoms with Gasteiger partial charge in [-0.3, -0.25) is 0 Å². The van der Waals surface area contributed by atoms with Crippen molar-refractivity contribution >= 4 is 17.3 Å². The van der Waals surface area contributed by atoms with Crippen molar-refractivity contribution in [3.63, 3.8) is 0 Å². The van der Waals surface area contributed by atoms with Gasteiger partial charge in [0.1, 0.15) is 11.6 Å². The van der Waals surface area contributed by atoms with Gasteiger partial charge in [-0.25, -0.2) is 9.97 Å². The molecule has 2 aromatic heterocycles. The summed E-state index contributed by atoms with van der Waals surface area (Å²) in [7, 11) is 3.54. The fourth-order valence-corrected chi connectivity index (χ4v) is 3.31. The van der Waals surface area contributed by atoms with Gasteiger partial charge in [-0.15, -0.1) is 0 Å². The third-order valence-corrected chi connectivity index (χ3v) is 4.76. The fourth-order valence-electron chi connectivity index (χ4n) is 3.31. The number of nitrogens with two attached hydrogens (primary N) is 1. The molecule has 3 rings (SSSR count). The lowest BCUT2D eigenvalue weighted by atomic mass is 10.3. The molecule has 0 bridgehead atoms. The molecule has 27 heavy (non-hydrogen) atoms. The van der Waals surface area contributed by atoms with Crippen LogP contribution < -0.4 is 20.1 Å². The number of rotatable bonds is 8. The number of anilines is 3. The zero-order chi connectivity index (χ0) is 19.2. The molecule has 3 heterocycles. The first kappa shape index (κ1) is 19.2. The predicted octanol–water partition coefficient (Wildman–Crippen LogP) is 3.01. The van der Waals surface area contributed by atoms with Crippen LogP contribution in [0.4, 0.5) is 17.3 Å². The quantitative estimate of drug-likeness (QED) is 0.715. The summed E-state index contributed by atoms with van der Waals surface area (Å²) in [6, 6.07) is 5.55. The van der Waals surface area contributed by atoms with Crippen LogP contribution in [0.15, 0.2) is 24.4 Å². The molecule has 7 heteroatoms. The highest BCUT2D eigenvalue weighted by molar-refractivity contribution is 5.62. The number of pyridine rings is 2. The number of ether oxygens (including phenoxy) is 2. The summed E-state index contributed by atoms with van der Waals surface area (Å²) in [5, 5.41) is 0. The first-order chi connectivity index (χ1) is 13.1. The summed E-state index contributed by atoms with van der Waals surface area (Å²) in [5.74, 6) is 2.79. The highest BCUT2D eigenvalue weighted by atomic mass is 16.5. The minimum absolute atomic E-state index is 0.630. The second kappa shape index (κ2) is 8.90. The SMILES string of the molecule is COc1cnc(N(C)c2cc(N)cc(C)n2)cc1OCCCN1CCCC1. The van der Waals surface area contributed by atoms with E-state index in [1.165, 1.54) is 25.9 Å². The Morgan fingerprint density at radius 1 is 1.15 bits per heavy atom. The van der Waals surface area contributed by atoms with E-state index in [0.29, 0.717) is 23.8 Å². The zero-order valence-corrected chi connectivity index (χ0v) is 16.4. The van der Waals surface area contributed by atoms with Gasteiger partial charge in [-0.2, -0.15) is 0 Å². The zero-order valence-electron chi connectivity index (χ0n) is 16.4. The van der Waals surface area contributed by atoms with Crippen LogP contribution in [0.5, 0.6) is 11.5 Å². The van der Waals surface area contributed by atoms with E-state index in [4.69, 9.17) is 15.2 Å². The van der Waals surface area contributed by atoms with Crippen molar-refractivity contribution in [1.82, 2.24) is 14.9 Å². The van der Waals surface area contributed by atoms with Crippen LogP contribution in [0.25, 0.3) is 0 Å². The van der Waals surface area contributed by atoms with Gasteiger partial charge in [0, 0.05) is 37.1 Å². The van der Waals surface area contributed by atoms with Gasteiger partial charge in [0.2, 0.25) is 0 Å². The number of aryl methyl sites for hydroxylation is 1. The molecular weight excluding hydrogens is 342 g/mol. The van der Waals surface area contributed by atoms with Crippen LogP contribution >= 0.6 is 0 Å². The summed E-state index contributed by atoms with van der Waals surface area (Å²) < 4.78 is 11.4. The van der Waals surface area contributed by atoms with Gasteiger partial charge in [-0.1, -0.05) is 0 Å². The summed E-state index contributed by atoms with van der Waals surface area (Å²) in [4.78, 5) is 13.4. The van der Waals surface area contributed by atoms with Crippen LogP contribution in [0.1, 0.15) is 25.0 Å². The van der Waals surface area contributed by atoms with Crippen molar-refractivity contribution in [3.05, 3.63) is 30.1 Å². The molecule has 0 aromatic carbocycles. The normalized spacial score (nSPS) is 14.3. The van der Waals surface area contributed by atoms with Crippen molar-refractivity contribution in [2.24, 2.45) is 0 Å². The first-order valence-corrected chi connectivity index (χ1v) is 9.44. The topological polar surface area (TPSA) is 76.7 Å². The molecule has 0 aliphatic carbocycles. The van der Waals surface area contributed by atoms with E-state index in [9.17, 15) is 0 Å². The number of methoxy groups -OCH3 is 1. The Balaban J connectivity index is 1.68. The molecule has 0 amide bonds. The molecule has 146 valence electrons. The van der Waals surface area contributed by atoms with Gasteiger partial charge in [0.25, 0.3) is 0 Å². The van der Waals surface area contributed by atoms with Gasteiger partial charge >= 0.3 is 0 Å². The average Bonchev–Trinajstić information content (AvgIpc) is 3.17. The number of likely N-dealkylation sites (tertiary alicyclic amines) is 1. The van der Waals surface area contributed by atoms with E-state index < -0.39 is 0 Å². The van der Waals surface area contributed by atoms with Crippen LogP contribution in [0.3, 0.4) is 0 Å². The van der Waals surface area contributed by atoms with E-state index in [2.05, 4.69) is 14.9 Å². The monoisotopic (exact) mass is 371 g/mol. The Hall–Kier alpha value is -2.54. The molecule has 0 spiro atoms. The van der Waals surface area contributed by atoms with Gasteiger partial charge in [0.15, 0.2) is 11.5 Å². The average molecular weight is 371 g/mol. The minimum Gasteiger partial charge on any atom is -0.491 e. The second-order valence-electron chi connectivity index (χ2n) is 6.90. The molecule has 0 atom stereocenters. The number of hydrogen-bond acceptors (Lipinski definition) is 7. The number of hydrogen-bond donors (Lipinski definition) is 1. The minimum atomic E-state index is 0.630. The Labute approximate surface area is 161 Å². The molecule has 1 saturated heterocycles. The molecule has 1 fully saturated rings. The Kier molecular flexibility index (Phi) is 6.34. The molecule has 0 saturated carbocycles. The van der Waals surface area contributed by atoms with Crippen molar-refractivity contribution < 1.29 is 9.47 Å². The molecule has 2 N–H and O–H groups in total. The number of nitrogen functional groups attached to an aromatic ring is 1. The second-order valence-corrected chi connectivity index (χ2v) is 6.90. The molecular formula is C20H29N5O2. The Morgan fingerprint density at radius 3 is 2.63 bits per heavy atom. The van der Waals surface area contributed by atoms with E-state index in [-0.39, 0.29) is 0 Å². The van der Waals surface area contributed by atoms with E-state index in [1.807, 2.05) is 37.1 Å². The third-order valence-electron chi connectivity index (χ3n) is 4.76. The largest absolute Gasteiger partial charge is 0.491 e. The van der Waals surface area contributed by atoms with Crippen molar-refractivity contribution in [1.29, 1.82) is 0 Å². The maximum absolute atomic E-state index is 6.00. The summed E-state index contributed by atoms with van der Waals surface area (Å²) in [6.07, 6.45) is 5.30. The first-order valence-electron chi connectivity index (χ1n) is 9.44. The highest BCUT2D eigenvalue weighted by Gasteiger charge is 2.14. The molecule has 1 aliphatic rings. The molecule has 0 radical (unpaired) electrons. The van der Waals surface area contributed by atoms with E-state index in [1.54, 1.807) is 13.3 Å². The Bertz CT molecular complexity index is 742. The maximum atomic E-state index is 6.00. The molecule has 7 nitrogen and oxygen atoms in total. The van der Waals surface area contributed by atoms with Crippen molar-refractivity contribution in [3.8, 4) is 11.5 Å². The number of aromatic nitrogens is 2. The summed E-state index contributed by atoms with van der Waals surface area (Å²) in [6.45, 7) is 6.06. The fraction of sp³-hybridized carbons (Fsp3) is 0.500. The molecule has 2 aromatic rings. The summed E-state index contributed by atoms with van der Waals surface area (Å²) >= 11 is 0. The lowest BCUT2D eigenvalue weighted by Crippen LogP contribution is -2.22. The van der Waals surface area contributed by atoms with Crippen LogP contribution in [-0.2, 0) is 0 Å². The van der Waals surface area contributed by atoms with E-state index >= 15 is 0 Å². The van der Waals surface area contributed by atoms with Gasteiger partial charge in [0.05, 0.1) is 19.9 Å². The lowest BCUT2D eigenvalue weighted by Gasteiger charge is -2.20. The van der Waals surface area contributed by atoms with Gasteiger partial charge in [-0.05, 0) is 45.3 Å². The standard InChI is InChI=1S/C20H29N5O2/c1-15-11-16(21)12-20(23-15)24(2)19-13-17(18(26-3)14-22-19)27-10-6-9-25-7-4-5-8-25/h11-14H,4-10H2,1-3H3,(H2,21,23). The van der Waals surface area contributed by atoms with Crippen LogP contribution in [0, 0.1) is 6.92 Å². The van der Waals surface area contributed by atoms with Crippen molar-refractivity contribution in [2.45, 2.75) is 26.2 Å². The van der Waals surface area contributed by atoms with Gasteiger partial charge < -0.3 is 25.0 Å². The maximum Gasteiger partial charge on any atom is 0.179 e.